The highest BCUT2D eigenvalue weighted by Crippen LogP contribution is 2.34. The number of nitrogens with one attached hydrogen (secondary N) is 1. The zero-order valence-electron chi connectivity index (χ0n) is 20.7. The quantitative estimate of drug-likeness (QED) is 0.325. The molecule has 0 spiro atoms. The number of benzene rings is 1. The molecule has 0 aliphatic heterocycles. The second-order valence-corrected chi connectivity index (χ2v) is 8.18. The SMILES string of the molecule is C=C(CCC)C(=C\C(=CC)c1cncc(N)c1)/C(=C/C)c1nc2c(C(=C)C=CC)cccc2[nH]1. The Morgan fingerprint density at radius 2 is 1.91 bits per heavy atom. The van der Waals surface area contributed by atoms with Crippen LogP contribution >= 0.6 is 0 Å². The number of nitrogens with zero attached hydrogens (tertiary/aromatic N) is 2. The van der Waals surface area contributed by atoms with Crippen LogP contribution in [0.25, 0.3) is 27.8 Å². The van der Waals surface area contributed by atoms with E-state index < -0.39 is 0 Å². The second kappa shape index (κ2) is 11.3. The van der Waals surface area contributed by atoms with E-state index in [2.05, 4.69) is 54.3 Å². The minimum atomic E-state index is 0.636. The van der Waals surface area contributed by atoms with E-state index in [0.717, 1.165) is 68.7 Å². The van der Waals surface area contributed by atoms with E-state index >= 15 is 0 Å². The number of allylic oxidation sites excluding steroid dienone is 10. The van der Waals surface area contributed by atoms with E-state index in [9.17, 15) is 0 Å². The van der Waals surface area contributed by atoms with Crippen LogP contribution in [-0.4, -0.2) is 15.0 Å². The molecule has 0 atom stereocenters. The van der Waals surface area contributed by atoms with Gasteiger partial charge >= 0.3 is 0 Å². The Hall–Kier alpha value is -3.92. The van der Waals surface area contributed by atoms with E-state index in [-0.39, 0.29) is 0 Å². The van der Waals surface area contributed by atoms with Crippen molar-refractivity contribution in [2.75, 3.05) is 5.73 Å². The van der Waals surface area contributed by atoms with Gasteiger partial charge in [-0.25, -0.2) is 4.98 Å². The summed E-state index contributed by atoms with van der Waals surface area (Å²) >= 11 is 0. The average Bonchev–Trinajstić information content (AvgIpc) is 3.26. The van der Waals surface area contributed by atoms with Crippen LogP contribution in [0, 0.1) is 0 Å². The number of rotatable bonds is 9. The van der Waals surface area contributed by atoms with Gasteiger partial charge in [0.15, 0.2) is 0 Å². The minimum absolute atomic E-state index is 0.636. The van der Waals surface area contributed by atoms with Crippen molar-refractivity contribution in [1.82, 2.24) is 15.0 Å². The predicted molar refractivity (Wildman–Crippen MR) is 148 cm³/mol. The van der Waals surface area contributed by atoms with E-state index in [1.165, 1.54) is 0 Å². The van der Waals surface area contributed by atoms with Crippen LogP contribution < -0.4 is 5.73 Å². The van der Waals surface area contributed by atoms with Crippen LogP contribution in [0.1, 0.15) is 57.5 Å². The Labute approximate surface area is 203 Å². The normalized spacial score (nSPS) is 13.1. The van der Waals surface area contributed by atoms with Crippen LogP contribution in [0.15, 0.2) is 91.3 Å². The summed E-state index contributed by atoms with van der Waals surface area (Å²) in [7, 11) is 0. The van der Waals surface area contributed by atoms with Gasteiger partial charge in [-0.05, 0) is 67.7 Å². The monoisotopic (exact) mass is 450 g/mol. The smallest absolute Gasteiger partial charge is 0.138 e. The Morgan fingerprint density at radius 3 is 2.56 bits per heavy atom. The van der Waals surface area contributed by atoms with Crippen LogP contribution in [0.3, 0.4) is 0 Å². The molecular formula is C30H34N4. The number of anilines is 1. The molecule has 34 heavy (non-hydrogen) atoms. The molecule has 1 aromatic carbocycles. The molecule has 0 aliphatic carbocycles. The molecule has 0 fully saturated rings. The molecule has 3 aromatic rings. The zero-order chi connectivity index (χ0) is 24.7. The predicted octanol–water partition coefficient (Wildman–Crippen LogP) is 7.92. The highest BCUT2D eigenvalue weighted by atomic mass is 14.9. The molecule has 4 nitrogen and oxygen atoms in total. The Morgan fingerprint density at radius 1 is 1.12 bits per heavy atom. The third-order valence-corrected chi connectivity index (χ3v) is 5.70. The fraction of sp³-hybridized carbons (Fsp3) is 0.200. The lowest BCUT2D eigenvalue weighted by atomic mass is 9.91. The first-order chi connectivity index (χ1) is 16.4. The van der Waals surface area contributed by atoms with Gasteiger partial charge in [0.2, 0.25) is 0 Å². The fourth-order valence-electron chi connectivity index (χ4n) is 4.04. The first-order valence-electron chi connectivity index (χ1n) is 11.7. The van der Waals surface area contributed by atoms with E-state index in [1.807, 2.05) is 57.3 Å². The second-order valence-electron chi connectivity index (χ2n) is 8.18. The van der Waals surface area contributed by atoms with Gasteiger partial charge in [0, 0.05) is 29.1 Å². The average molecular weight is 451 g/mol. The molecule has 0 radical (unpaired) electrons. The topological polar surface area (TPSA) is 67.6 Å². The number of pyridine rings is 1. The van der Waals surface area contributed by atoms with Crippen molar-refractivity contribution in [3.05, 3.63) is 108 Å². The van der Waals surface area contributed by atoms with Gasteiger partial charge in [-0.1, -0.05) is 62.9 Å². The number of aromatic nitrogens is 3. The van der Waals surface area contributed by atoms with Crippen LogP contribution in [0.4, 0.5) is 5.69 Å². The summed E-state index contributed by atoms with van der Waals surface area (Å²) in [5, 5.41) is 0. The number of fused-ring (bicyclic) bond motifs is 1. The molecule has 3 rings (SSSR count). The first-order valence-corrected chi connectivity index (χ1v) is 11.7. The maximum absolute atomic E-state index is 6.00. The summed E-state index contributed by atoms with van der Waals surface area (Å²) in [6.45, 7) is 16.8. The Balaban J connectivity index is 2.16. The number of hydrogen-bond donors (Lipinski definition) is 2. The lowest BCUT2D eigenvalue weighted by Crippen LogP contribution is -1.98. The molecule has 3 N–H and O–H groups in total. The minimum Gasteiger partial charge on any atom is -0.397 e. The Bertz CT molecular complexity index is 1330. The highest BCUT2D eigenvalue weighted by molar-refractivity contribution is 5.94. The van der Waals surface area contributed by atoms with Crippen LogP contribution in [0.5, 0.6) is 0 Å². The molecule has 0 saturated carbocycles. The maximum Gasteiger partial charge on any atom is 0.138 e. The molecule has 4 heteroatoms. The number of nitrogens with two attached hydrogens (primary N) is 1. The van der Waals surface area contributed by atoms with Gasteiger partial charge in [-0.15, -0.1) is 0 Å². The number of hydrogen-bond acceptors (Lipinski definition) is 3. The van der Waals surface area contributed by atoms with E-state index in [1.54, 1.807) is 6.20 Å². The summed E-state index contributed by atoms with van der Waals surface area (Å²) < 4.78 is 0. The first kappa shape index (κ1) is 24.7. The van der Waals surface area contributed by atoms with Crippen molar-refractivity contribution in [2.24, 2.45) is 0 Å². The molecule has 0 bridgehead atoms. The summed E-state index contributed by atoms with van der Waals surface area (Å²) in [5.41, 5.74) is 15.6. The third-order valence-electron chi connectivity index (χ3n) is 5.70. The summed E-state index contributed by atoms with van der Waals surface area (Å²) in [6.07, 6.45) is 15.7. The lowest BCUT2D eigenvalue weighted by Gasteiger charge is -2.15. The van der Waals surface area contributed by atoms with Gasteiger partial charge in [-0.3, -0.25) is 4.98 Å². The summed E-state index contributed by atoms with van der Waals surface area (Å²) in [5.74, 6) is 0.808. The van der Waals surface area contributed by atoms with E-state index in [4.69, 9.17) is 10.7 Å². The molecule has 174 valence electrons. The van der Waals surface area contributed by atoms with Crippen molar-refractivity contribution in [2.45, 2.75) is 40.5 Å². The van der Waals surface area contributed by atoms with Crippen molar-refractivity contribution in [3.63, 3.8) is 0 Å². The van der Waals surface area contributed by atoms with Gasteiger partial charge in [0.1, 0.15) is 5.82 Å². The lowest BCUT2D eigenvalue weighted by molar-refractivity contribution is 0.921. The fourth-order valence-corrected chi connectivity index (χ4v) is 4.04. The number of para-hydroxylation sites is 1. The van der Waals surface area contributed by atoms with Gasteiger partial charge in [0.05, 0.1) is 16.7 Å². The van der Waals surface area contributed by atoms with Crippen LogP contribution in [-0.2, 0) is 0 Å². The van der Waals surface area contributed by atoms with Crippen molar-refractivity contribution >= 4 is 33.4 Å². The molecule has 2 aromatic heterocycles. The third kappa shape index (κ3) is 5.34. The molecule has 2 heterocycles. The Kier molecular flexibility index (Phi) is 8.20. The van der Waals surface area contributed by atoms with E-state index in [0.29, 0.717) is 5.69 Å². The van der Waals surface area contributed by atoms with Crippen molar-refractivity contribution in [1.29, 1.82) is 0 Å². The molecule has 0 saturated heterocycles. The number of aromatic amines is 1. The standard InChI is InChI=1S/C30H34N4/c1-7-12-20(5)26-14-11-15-28-29(26)34-30(33-28)25(10-4)27(21(6)13-8-2)17-22(9-3)23-16-24(31)19-32-18-23/h7,9-12,14-19H,5-6,8,13,31H2,1-4H3,(H,33,34)/b12-7?,22-9?,25-10-,27-17+. The zero-order valence-corrected chi connectivity index (χ0v) is 20.7. The van der Waals surface area contributed by atoms with Crippen molar-refractivity contribution < 1.29 is 0 Å². The van der Waals surface area contributed by atoms with Crippen LogP contribution in [0.2, 0.25) is 0 Å². The molecular weight excluding hydrogens is 416 g/mol. The van der Waals surface area contributed by atoms with Crippen molar-refractivity contribution in [3.8, 4) is 0 Å². The largest absolute Gasteiger partial charge is 0.397 e. The molecule has 0 aliphatic rings. The van der Waals surface area contributed by atoms with Gasteiger partial charge in [0.25, 0.3) is 0 Å². The summed E-state index contributed by atoms with van der Waals surface area (Å²) in [4.78, 5) is 12.8. The number of nitrogen functional groups attached to an aromatic ring is 1. The highest BCUT2D eigenvalue weighted by Gasteiger charge is 2.17. The molecule has 0 amide bonds. The number of imidazole rings is 1. The van der Waals surface area contributed by atoms with Gasteiger partial charge in [-0.2, -0.15) is 0 Å². The number of H-pyrrole nitrogens is 1. The maximum atomic E-state index is 6.00. The van der Waals surface area contributed by atoms with Gasteiger partial charge < -0.3 is 10.7 Å². The molecule has 0 unspecified atom stereocenters. The summed E-state index contributed by atoms with van der Waals surface area (Å²) in [6, 6.07) is 8.07.